The van der Waals surface area contributed by atoms with Gasteiger partial charge in [-0.15, -0.1) is 0 Å². The summed E-state index contributed by atoms with van der Waals surface area (Å²) in [6.07, 6.45) is -1.41. The van der Waals surface area contributed by atoms with Crippen LogP contribution in [0.5, 0.6) is 11.6 Å². The first-order valence-electron chi connectivity index (χ1n) is 8.37. The number of hydrogen-bond donors (Lipinski definition) is 1. The maximum Gasteiger partial charge on any atom is 0.416 e. The lowest BCUT2D eigenvalue weighted by Gasteiger charge is -2.13. The van der Waals surface area contributed by atoms with Crippen molar-refractivity contribution in [3.63, 3.8) is 0 Å². The van der Waals surface area contributed by atoms with Crippen molar-refractivity contribution in [2.45, 2.75) is 26.2 Å². The number of hydrogen-bond acceptors (Lipinski definition) is 4. The zero-order valence-corrected chi connectivity index (χ0v) is 14.9. The molecule has 146 valence electrons. The van der Waals surface area contributed by atoms with Crippen LogP contribution in [0.1, 0.15) is 16.8 Å². The van der Waals surface area contributed by atoms with E-state index in [-0.39, 0.29) is 30.6 Å². The number of nitrogens with one attached hydrogen (secondary N) is 1. The number of carbonyl (C=O) groups is 1. The summed E-state index contributed by atoms with van der Waals surface area (Å²) in [6, 6.07) is 9.64. The predicted octanol–water partition coefficient (Wildman–Crippen LogP) is 3.71. The molecule has 3 rings (SSSR count). The molecule has 2 aromatic heterocycles. The molecule has 0 unspecified atom stereocenters. The van der Waals surface area contributed by atoms with Gasteiger partial charge in [0.05, 0.1) is 5.56 Å². The monoisotopic (exact) mass is 390 g/mol. The lowest BCUT2D eigenvalue weighted by atomic mass is 10.2. The zero-order valence-electron chi connectivity index (χ0n) is 14.9. The van der Waals surface area contributed by atoms with Crippen molar-refractivity contribution in [2.75, 3.05) is 0 Å². The quantitative estimate of drug-likeness (QED) is 0.697. The van der Waals surface area contributed by atoms with Crippen molar-refractivity contribution < 1.29 is 22.7 Å². The van der Waals surface area contributed by atoms with E-state index in [0.29, 0.717) is 5.56 Å². The number of rotatable bonds is 6. The van der Waals surface area contributed by atoms with E-state index in [1.165, 1.54) is 18.3 Å². The third kappa shape index (κ3) is 4.87. The SMILES string of the molecule is Cc1ccnn1CC(=O)NCc1cccnc1Oc1cccc(C(F)(F)F)c1. The Bertz CT molecular complexity index is 970. The fraction of sp³-hybridized carbons (Fsp3) is 0.211. The summed E-state index contributed by atoms with van der Waals surface area (Å²) in [4.78, 5) is 16.2. The second-order valence-electron chi connectivity index (χ2n) is 6.00. The molecule has 2 heterocycles. The van der Waals surface area contributed by atoms with E-state index in [1.54, 1.807) is 29.1 Å². The molecular weight excluding hydrogens is 373 g/mol. The second kappa shape index (κ2) is 8.12. The fourth-order valence-electron chi connectivity index (χ4n) is 2.45. The van der Waals surface area contributed by atoms with Crippen LogP contribution in [0.3, 0.4) is 0 Å². The van der Waals surface area contributed by atoms with E-state index in [1.807, 2.05) is 6.92 Å². The van der Waals surface area contributed by atoms with Crippen LogP contribution in [0.4, 0.5) is 13.2 Å². The highest BCUT2D eigenvalue weighted by molar-refractivity contribution is 5.75. The van der Waals surface area contributed by atoms with Crippen molar-refractivity contribution in [1.29, 1.82) is 0 Å². The van der Waals surface area contributed by atoms with Crippen LogP contribution in [0.2, 0.25) is 0 Å². The number of pyridine rings is 1. The summed E-state index contributed by atoms with van der Waals surface area (Å²) in [7, 11) is 0. The Morgan fingerprint density at radius 1 is 1.18 bits per heavy atom. The van der Waals surface area contributed by atoms with E-state index in [4.69, 9.17) is 4.74 Å². The molecule has 0 saturated carbocycles. The van der Waals surface area contributed by atoms with Crippen LogP contribution in [0.15, 0.2) is 54.9 Å². The molecule has 0 saturated heterocycles. The summed E-state index contributed by atoms with van der Waals surface area (Å²) in [5.41, 5.74) is 0.570. The fourth-order valence-corrected chi connectivity index (χ4v) is 2.45. The lowest BCUT2D eigenvalue weighted by Crippen LogP contribution is -2.28. The first-order valence-corrected chi connectivity index (χ1v) is 8.37. The molecule has 28 heavy (non-hydrogen) atoms. The van der Waals surface area contributed by atoms with Gasteiger partial charge in [-0.1, -0.05) is 12.1 Å². The normalized spacial score (nSPS) is 11.3. The van der Waals surface area contributed by atoms with Crippen molar-refractivity contribution in [1.82, 2.24) is 20.1 Å². The van der Waals surface area contributed by atoms with Crippen molar-refractivity contribution in [2.24, 2.45) is 0 Å². The number of halogens is 3. The Hall–Kier alpha value is -3.36. The summed E-state index contributed by atoms with van der Waals surface area (Å²) in [5.74, 6) is -0.133. The molecule has 0 fully saturated rings. The largest absolute Gasteiger partial charge is 0.439 e. The van der Waals surface area contributed by atoms with E-state index < -0.39 is 11.7 Å². The van der Waals surface area contributed by atoms with Crippen LogP contribution in [-0.4, -0.2) is 20.7 Å². The minimum absolute atomic E-state index is 0.00766. The average Bonchev–Trinajstić information content (AvgIpc) is 3.05. The van der Waals surface area contributed by atoms with Gasteiger partial charge in [0.2, 0.25) is 11.8 Å². The molecule has 0 radical (unpaired) electrons. The average molecular weight is 390 g/mol. The third-order valence-electron chi connectivity index (χ3n) is 3.92. The van der Waals surface area contributed by atoms with Gasteiger partial charge in [-0.2, -0.15) is 18.3 Å². The second-order valence-corrected chi connectivity index (χ2v) is 6.00. The Balaban J connectivity index is 1.68. The molecule has 3 aromatic rings. The highest BCUT2D eigenvalue weighted by Gasteiger charge is 2.30. The molecule has 6 nitrogen and oxygen atoms in total. The molecule has 1 aromatic carbocycles. The molecule has 1 N–H and O–H groups in total. The number of benzene rings is 1. The number of amides is 1. The van der Waals surface area contributed by atoms with Crippen molar-refractivity contribution >= 4 is 5.91 Å². The molecule has 0 aliphatic rings. The highest BCUT2D eigenvalue weighted by atomic mass is 19.4. The van der Waals surface area contributed by atoms with Gasteiger partial charge in [-0.25, -0.2) is 4.98 Å². The van der Waals surface area contributed by atoms with Crippen molar-refractivity contribution in [3.05, 3.63) is 71.7 Å². The van der Waals surface area contributed by atoms with Crippen LogP contribution in [0, 0.1) is 6.92 Å². The molecular formula is C19H17F3N4O2. The Morgan fingerprint density at radius 3 is 2.71 bits per heavy atom. The predicted molar refractivity (Wildman–Crippen MR) is 94.6 cm³/mol. The van der Waals surface area contributed by atoms with Gasteiger partial charge >= 0.3 is 6.18 Å². The molecule has 0 bridgehead atoms. The highest BCUT2D eigenvalue weighted by Crippen LogP contribution is 2.32. The Labute approximate surface area is 159 Å². The van der Waals surface area contributed by atoms with Gasteiger partial charge in [0, 0.05) is 30.2 Å². The number of aryl methyl sites for hydroxylation is 1. The van der Waals surface area contributed by atoms with Gasteiger partial charge in [0.15, 0.2) is 0 Å². The standard InChI is InChI=1S/C19H17F3N4O2/c1-13-7-9-25-26(13)12-17(27)24-11-14-4-3-8-23-18(14)28-16-6-2-5-15(10-16)19(20,21)22/h2-10H,11-12H2,1H3,(H,24,27). The molecule has 0 aliphatic heterocycles. The van der Waals surface area contributed by atoms with Gasteiger partial charge in [-0.05, 0) is 37.3 Å². The number of aromatic nitrogens is 3. The molecule has 1 amide bonds. The summed E-state index contributed by atoms with van der Waals surface area (Å²) >= 11 is 0. The first-order chi connectivity index (χ1) is 13.3. The molecule has 0 atom stereocenters. The van der Waals surface area contributed by atoms with Crippen molar-refractivity contribution in [3.8, 4) is 11.6 Å². The van der Waals surface area contributed by atoms with Gasteiger partial charge in [0.1, 0.15) is 12.3 Å². The minimum Gasteiger partial charge on any atom is -0.439 e. The zero-order chi connectivity index (χ0) is 20.1. The van der Waals surface area contributed by atoms with Gasteiger partial charge in [0.25, 0.3) is 0 Å². The first kappa shape index (κ1) is 19.4. The van der Waals surface area contributed by atoms with E-state index >= 15 is 0 Å². The van der Waals surface area contributed by atoms with Crippen LogP contribution in [0.25, 0.3) is 0 Å². The van der Waals surface area contributed by atoms with Crippen LogP contribution < -0.4 is 10.1 Å². The lowest BCUT2D eigenvalue weighted by molar-refractivity contribution is -0.137. The minimum atomic E-state index is -4.47. The number of alkyl halides is 3. The topological polar surface area (TPSA) is 69.0 Å². The Morgan fingerprint density at radius 2 is 2.00 bits per heavy atom. The summed E-state index contributed by atoms with van der Waals surface area (Å²) in [6.45, 7) is 2.01. The molecule has 9 heteroatoms. The van der Waals surface area contributed by atoms with Crippen LogP contribution >= 0.6 is 0 Å². The Kier molecular flexibility index (Phi) is 5.62. The summed E-state index contributed by atoms with van der Waals surface area (Å²) < 4.78 is 45.6. The van der Waals surface area contributed by atoms with Crippen LogP contribution in [-0.2, 0) is 24.1 Å². The maximum absolute atomic E-state index is 12.9. The van der Waals surface area contributed by atoms with Gasteiger partial charge < -0.3 is 10.1 Å². The smallest absolute Gasteiger partial charge is 0.416 e. The van der Waals surface area contributed by atoms with E-state index in [0.717, 1.165) is 17.8 Å². The maximum atomic E-state index is 12.9. The van der Waals surface area contributed by atoms with Gasteiger partial charge in [-0.3, -0.25) is 9.48 Å². The number of nitrogens with zero attached hydrogens (tertiary/aromatic N) is 3. The van der Waals surface area contributed by atoms with E-state index in [2.05, 4.69) is 15.4 Å². The van der Waals surface area contributed by atoms with E-state index in [9.17, 15) is 18.0 Å². The number of ether oxygens (including phenoxy) is 1. The molecule has 0 aliphatic carbocycles. The molecule has 0 spiro atoms. The number of carbonyl (C=O) groups excluding carboxylic acids is 1. The summed E-state index contributed by atoms with van der Waals surface area (Å²) in [5, 5.41) is 6.77. The third-order valence-corrected chi connectivity index (χ3v) is 3.92.